The van der Waals surface area contributed by atoms with Gasteiger partial charge in [-0.3, -0.25) is 4.99 Å². The molecular formula is C22H36N4O3. The first-order valence-electron chi connectivity index (χ1n) is 10.5. The number of piperidine rings is 1. The molecule has 1 fully saturated rings. The maximum Gasteiger partial charge on any atom is 0.409 e. The standard InChI is InChI=1S/C22H36N4O3/c1-6-23-20(25-18-11-13-26(14-12-18)21(27)29-7-2)24-16-22(3,4)17-9-8-10-19(15-17)28-5/h8-10,15,18H,6-7,11-14,16H2,1-5H3,(H2,23,24,25). The number of likely N-dealkylation sites (tertiary alicyclic amines) is 1. The summed E-state index contributed by atoms with van der Waals surface area (Å²) in [5.74, 6) is 1.68. The number of aliphatic imine (C=N–C) groups is 1. The molecule has 1 aromatic rings. The van der Waals surface area contributed by atoms with Crippen LogP contribution in [-0.4, -0.2) is 62.9 Å². The Hall–Kier alpha value is -2.44. The Labute approximate surface area is 174 Å². The number of amides is 1. The number of rotatable bonds is 7. The van der Waals surface area contributed by atoms with Gasteiger partial charge >= 0.3 is 6.09 Å². The van der Waals surface area contributed by atoms with Crippen molar-refractivity contribution in [3.63, 3.8) is 0 Å². The van der Waals surface area contributed by atoms with Crippen molar-refractivity contribution in [1.29, 1.82) is 0 Å². The van der Waals surface area contributed by atoms with Crippen molar-refractivity contribution in [3.05, 3.63) is 29.8 Å². The van der Waals surface area contributed by atoms with Crippen molar-refractivity contribution in [3.8, 4) is 5.75 Å². The van der Waals surface area contributed by atoms with Gasteiger partial charge in [-0.25, -0.2) is 4.79 Å². The van der Waals surface area contributed by atoms with Crippen molar-refractivity contribution in [1.82, 2.24) is 15.5 Å². The SMILES string of the molecule is CCNC(=NCC(C)(C)c1cccc(OC)c1)NC1CCN(C(=O)OCC)CC1. The number of benzene rings is 1. The molecule has 2 rings (SSSR count). The molecule has 29 heavy (non-hydrogen) atoms. The maximum absolute atomic E-state index is 11.9. The number of nitrogens with one attached hydrogen (secondary N) is 2. The van der Waals surface area contributed by atoms with Crippen LogP contribution in [0.15, 0.2) is 29.3 Å². The lowest BCUT2D eigenvalue weighted by Crippen LogP contribution is -2.50. The van der Waals surface area contributed by atoms with Crippen molar-refractivity contribution >= 4 is 12.1 Å². The van der Waals surface area contributed by atoms with E-state index in [-0.39, 0.29) is 11.5 Å². The van der Waals surface area contributed by atoms with Gasteiger partial charge in [0.15, 0.2) is 5.96 Å². The number of hydrogen-bond donors (Lipinski definition) is 2. The van der Waals surface area contributed by atoms with Crippen LogP contribution in [0.5, 0.6) is 5.75 Å². The van der Waals surface area contributed by atoms with Gasteiger partial charge in [0.25, 0.3) is 0 Å². The highest BCUT2D eigenvalue weighted by molar-refractivity contribution is 5.80. The topological polar surface area (TPSA) is 75.2 Å². The minimum Gasteiger partial charge on any atom is -0.497 e. The summed E-state index contributed by atoms with van der Waals surface area (Å²) in [7, 11) is 1.69. The Morgan fingerprint density at radius 2 is 2.00 bits per heavy atom. The number of nitrogens with zero attached hydrogens (tertiary/aromatic N) is 2. The highest BCUT2D eigenvalue weighted by Gasteiger charge is 2.25. The van der Waals surface area contributed by atoms with Crippen LogP contribution in [-0.2, 0) is 10.2 Å². The smallest absolute Gasteiger partial charge is 0.409 e. The minimum absolute atomic E-state index is 0.121. The maximum atomic E-state index is 11.9. The molecule has 1 aromatic carbocycles. The van der Waals surface area contributed by atoms with Gasteiger partial charge in [0.2, 0.25) is 0 Å². The van der Waals surface area contributed by atoms with Gasteiger partial charge in [-0.15, -0.1) is 0 Å². The van der Waals surface area contributed by atoms with Gasteiger partial charge in [-0.1, -0.05) is 26.0 Å². The molecule has 0 bridgehead atoms. The number of methoxy groups -OCH3 is 1. The van der Waals surface area contributed by atoms with Gasteiger partial charge < -0.3 is 25.0 Å². The van der Waals surface area contributed by atoms with E-state index in [1.165, 1.54) is 5.56 Å². The average Bonchev–Trinajstić information content (AvgIpc) is 2.73. The summed E-state index contributed by atoms with van der Waals surface area (Å²) in [5.41, 5.74) is 1.07. The number of ether oxygens (including phenoxy) is 2. The third-order valence-electron chi connectivity index (χ3n) is 5.19. The van der Waals surface area contributed by atoms with E-state index in [9.17, 15) is 4.79 Å². The van der Waals surface area contributed by atoms with Gasteiger partial charge in [0.05, 0.1) is 20.3 Å². The molecule has 7 heteroatoms. The van der Waals surface area contributed by atoms with E-state index in [1.54, 1.807) is 12.0 Å². The molecule has 7 nitrogen and oxygen atoms in total. The monoisotopic (exact) mass is 404 g/mol. The van der Waals surface area contributed by atoms with Crippen LogP contribution in [0.4, 0.5) is 4.79 Å². The second-order valence-electron chi connectivity index (χ2n) is 7.92. The van der Waals surface area contributed by atoms with E-state index in [4.69, 9.17) is 14.5 Å². The summed E-state index contributed by atoms with van der Waals surface area (Å²) in [4.78, 5) is 18.5. The highest BCUT2D eigenvalue weighted by atomic mass is 16.6. The molecule has 0 unspecified atom stereocenters. The van der Waals surface area contributed by atoms with Crippen molar-refractivity contribution < 1.29 is 14.3 Å². The summed E-state index contributed by atoms with van der Waals surface area (Å²) in [5, 5.41) is 6.87. The van der Waals surface area contributed by atoms with Crippen molar-refractivity contribution in [2.75, 3.05) is 39.9 Å². The number of carbonyl (C=O) groups is 1. The third kappa shape index (κ3) is 6.84. The van der Waals surface area contributed by atoms with E-state index in [0.29, 0.717) is 32.3 Å². The molecule has 0 aromatic heterocycles. The fraction of sp³-hybridized carbons (Fsp3) is 0.636. The lowest BCUT2D eigenvalue weighted by Gasteiger charge is -2.32. The third-order valence-corrected chi connectivity index (χ3v) is 5.19. The van der Waals surface area contributed by atoms with Crippen LogP contribution in [0.1, 0.15) is 46.1 Å². The van der Waals surface area contributed by atoms with Gasteiger partial charge in [-0.2, -0.15) is 0 Å². The van der Waals surface area contributed by atoms with Crippen LogP contribution in [0.25, 0.3) is 0 Å². The number of guanidine groups is 1. The Morgan fingerprint density at radius 1 is 1.28 bits per heavy atom. The number of carbonyl (C=O) groups excluding carboxylic acids is 1. The minimum atomic E-state index is -0.216. The first-order chi connectivity index (χ1) is 13.9. The second-order valence-corrected chi connectivity index (χ2v) is 7.92. The van der Waals surface area contributed by atoms with Crippen LogP contribution < -0.4 is 15.4 Å². The molecule has 0 aliphatic carbocycles. The largest absolute Gasteiger partial charge is 0.497 e. The van der Waals surface area contributed by atoms with E-state index in [0.717, 1.165) is 31.1 Å². The fourth-order valence-electron chi connectivity index (χ4n) is 3.35. The van der Waals surface area contributed by atoms with Crippen molar-refractivity contribution in [2.45, 2.75) is 52.0 Å². The normalized spacial score (nSPS) is 15.8. The molecule has 1 amide bonds. The summed E-state index contributed by atoms with van der Waals surface area (Å²) < 4.78 is 10.5. The van der Waals surface area contributed by atoms with Crippen LogP contribution in [0, 0.1) is 0 Å². The fourth-order valence-corrected chi connectivity index (χ4v) is 3.35. The second kappa shape index (κ2) is 10.9. The number of hydrogen-bond acceptors (Lipinski definition) is 4. The molecule has 162 valence electrons. The molecule has 0 atom stereocenters. The first kappa shape index (κ1) is 22.8. The van der Waals surface area contributed by atoms with Crippen LogP contribution in [0.3, 0.4) is 0 Å². The summed E-state index contributed by atoms with van der Waals surface area (Å²) in [6, 6.07) is 8.44. The van der Waals surface area contributed by atoms with Crippen LogP contribution in [0.2, 0.25) is 0 Å². The zero-order valence-electron chi connectivity index (χ0n) is 18.5. The molecule has 2 N–H and O–H groups in total. The quantitative estimate of drug-likeness (QED) is 0.539. The first-order valence-corrected chi connectivity index (χ1v) is 10.5. The predicted octanol–water partition coefficient (Wildman–Crippen LogP) is 3.15. The highest BCUT2D eigenvalue weighted by Crippen LogP contribution is 2.26. The zero-order chi connectivity index (χ0) is 21.3. The molecule has 1 saturated heterocycles. The molecule has 0 radical (unpaired) electrons. The van der Waals surface area contributed by atoms with Gasteiger partial charge in [-0.05, 0) is 44.4 Å². The van der Waals surface area contributed by atoms with E-state index < -0.39 is 0 Å². The lowest BCUT2D eigenvalue weighted by molar-refractivity contribution is 0.0963. The van der Waals surface area contributed by atoms with E-state index in [1.807, 2.05) is 19.1 Å². The van der Waals surface area contributed by atoms with Gasteiger partial charge in [0.1, 0.15) is 5.75 Å². The average molecular weight is 405 g/mol. The Morgan fingerprint density at radius 3 is 2.62 bits per heavy atom. The summed E-state index contributed by atoms with van der Waals surface area (Å²) in [6.45, 7) is 11.5. The summed E-state index contributed by atoms with van der Waals surface area (Å²) >= 11 is 0. The Kier molecular flexibility index (Phi) is 8.61. The predicted molar refractivity (Wildman–Crippen MR) is 117 cm³/mol. The molecule has 0 spiro atoms. The molecule has 1 heterocycles. The van der Waals surface area contributed by atoms with E-state index >= 15 is 0 Å². The lowest BCUT2D eigenvalue weighted by atomic mass is 9.84. The Balaban J connectivity index is 1.96. The molecular weight excluding hydrogens is 368 g/mol. The molecule has 0 saturated carbocycles. The van der Waals surface area contributed by atoms with Crippen LogP contribution >= 0.6 is 0 Å². The van der Waals surface area contributed by atoms with E-state index in [2.05, 4.69) is 43.5 Å². The molecule has 1 aliphatic heterocycles. The van der Waals surface area contributed by atoms with Crippen molar-refractivity contribution in [2.24, 2.45) is 4.99 Å². The summed E-state index contributed by atoms with van der Waals surface area (Å²) in [6.07, 6.45) is 1.54. The van der Waals surface area contributed by atoms with Gasteiger partial charge in [0, 0.05) is 31.1 Å². The zero-order valence-corrected chi connectivity index (χ0v) is 18.5. The molecule has 1 aliphatic rings. The Bertz CT molecular complexity index is 682.